The van der Waals surface area contributed by atoms with Crippen LogP contribution >= 0.6 is 0 Å². The number of ether oxygens (including phenoxy) is 1. The lowest BCUT2D eigenvalue weighted by Gasteiger charge is -2.07. The van der Waals surface area contributed by atoms with Gasteiger partial charge in [-0.3, -0.25) is 10.1 Å². The van der Waals surface area contributed by atoms with Gasteiger partial charge in [0, 0.05) is 30.8 Å². The molecule has 0 fully saturated rings. The van der Waals surface area contributed by atoms with Gasteiger partial charge in [-0.15, -0.1) is 0 Å². The van der Waals surface area contributed by atoms with Gasteiger partial charge < -0.3 is 15.2 Å². The summed E-state index contributed by atoms with van der Waals surface area (Å²) in [4.78, 5) is 9.66. The van der Waals surface area contributed by atoms with Gasteiger partial charge in [-0.1, -0.05) is 0 Å². The lowest BCUT2D eigenvalue weighted by Crippen LogP contribution is -2.18. The highest BCUT2D eigenvalue weighted by Crippen LogP contribution is 2.21. The largest absolute Gasteiger partial charge is 0.394 e. The van der Waals surface area contributed by atoms with Crippen molar-refractivity contribution >= 4 is 5.69 Å². The number of nitro benzene ring substituents is 1. The van der Waals surface area contributed by atoms with Gasteiger partial charge in [-0.25, -0.2) is 4.39 Å². The van der Waals surface area contributed by atoms with Crippen LogP contribution in [0.5, 0.6) is 0 Å². The van der Waals surface area contributed by atoms with Crippen molar-refractivity contribution in [3.63, 3.8) is 0 Å². The van der Waals surface area contributed by atoms with E-state index < -0.39 is 22.2 Å². The summed E-state index contributed by atoms with van der Waals surface area (Å²) in [5, 5.41) is 21.9. The number of aliphatic hydroxyl groups is 1. The van der Waals surface area contributed by atoms with Crippen LogP contribution in [0.25, 0.3) is 0 Å². The van der Waals surface area contributed by atoms with E-state index in [1.807, 2.05) is 0 Å². The number of rotatable bonds is 9. The third-order valence-electron chi connectivity index (χ3n) is 2.51. The van der Waals surface area contributed by atoms with Crippen molar-refractivity contribution in [3.8, 4) is 0 Å². The van der Waals surface area contributed by atoms with Crippen molar-refractivity contribution in [1.29, 1.82) is 0 Å². The topological polar surface area (TPSA) is 84.6 Å². The normalized spacial score (nSPS) is 10.8. The number of nitro groups is 1. The zero-order valence-electron chi connectivity index (χ0n) is 10.8. The quantitative estimate of drug-likeness (QED) is 0.407. The van der Waals surface area contributed by atoms with Gasteiger partial charge in [0.25, 0.3) is 0 Å². The third kappa shape index (κ3) is 5.16. The van der Waals surface area contributed by atoms with Crippen LogP contribution in [0.15, 0.2) is 12.1 Å². The molecule has 0 aromatic heterocycles. The second kappa shape index (κ2) is 8.51. The molecule has 1 rings (SSSR count). The van der Waals surface area contributed by atoms with Gasteiger partial charge in [-0.2, -0.15) is 4.39 Å². The first kappa shape index (κ1) is 16.4. The van der Waals surface area contributed by atoms with E-state index in [2.05, 4.69) is 5.32 Å². The lowest BCUT2D eigenvalue weighted by atomic mass is 10.1. The van der Waals surface area contributed by atoms with Crippen molar-refractivity contribution < 1.29 is 23.5 Å². The minimum Gasteiger partial charge on any atom is -0.394 e. The van der Waals surface area contributed by atoms with E-state index in [-0.39, 0.29) is 25.3 Å². The highest BCUT2D eigenvalue weighted by molar-refractivity contribution is 5.37. The summed E-state index contributed by atoms with van der Waals surface area (Å²) < 4.78 is 31.5. The monoisotopic (exact) mass is 290 g/mol. The molecule has 0 unspecified atom stereocenters. The fraction of sp³-hybridized carbons (Fsp3) is 0.500. The van der Waals surface area contributed by atoms with Gasteiger partial charge >= 0.3 is 5.69 Å². The Morgan fingerprint density at radius 2 is 2.05 bits per heavy atom. The van der Waals surface area contributed by atoms with Crippen LogP contribution in [-0.4, -0.2) is 36.4 Å². The first-order chi connectivity index (χ1) is 9.56. The Morgan fingerprint density at radius 3 is 2.70 bits per heavy atom. The van der Waals surface area contributed by atoms with Crippen molar-refractivity contribution in [3.05, 3.63) is 39.4 Å². The van der Waals surface area contributed by atoms with Gasteiger partial charge in [-0.05, 0) is 13.0 Å². The molecule has 6 nitrogen and oxygen atoms in total. The van der Waals surface area contributed by atoms with E-state index >= 15 is 0 Å². The third-order valence-corrected chi connectivity index (χ3v) is 2.51. The molecule has 0 bridgehead atoms. The zero-order valence-corrected chi connectivity index (χ0v) is 10.8. The molecule has 0 radical (unpaired) electrons. The van der Waals surface area contributed by atoms with E-state index in [0.717, 1.165) is 6.07 Å². The maximum atomic E-state index is 13.4. The van der Waals surface area contributed by atoms with Crippen LogP contribution in [0.4, 0.5) is 14.5 Å². The minimum absolute atomic E-state index is 0.0365. The standard InChI is InChI=1S/C12H16F2N2O4/c13-10-7-11(14)12(16(18)19)6-9(10)8-15-2-1-4-20-5-3-17/h6-7,15,17H,1-5,8H2. The predicted molar refractivity (Wildman–Crippen MR) is 67.2 cm³/mol. The molecule has 0 saturated heterocycles. The Kier molecular flexibility index (Phi) is 6.99. The molecule has 0 spiro atoms. The Hall–Kier alpha value is -1.64. The van der Waals surface area contributed by atoms with Crippen LogP contribution in [-0.2, 0) is 11.3 Å². The molecule has 8 heteroatoms. The van der Waals surface area contributed by atoms with Crippen molar-refractivity contribution in [2.24, 2.45) is 0 Å². The number of halogens is 2. The van der Waals surface area contributed by atoms with Crippen molar-refractivity contribution in [2.75, 3.05) is 26.4 Å². The molecular formula is C12H16F2N2O4. The predicted octanol–water partition coefficient (Wildman–Crippen LogP) is 1.36. The van der Waals surface area contributed by atoms with Crippen LogP contribution in [0.1, 0.15) is 12.0 Å². The zero-order chi connectivity index (χ0) is 15.0. The average molecular weight is 290 g/mol. The molecular weight excluding hydrogens is 274 g/mol. The SMILES string of the molecule is O=[N+]([O-])c1cc(CNCCCOCCO)c(F)cc1F. The first-order valence-corrected chi connectivity index (χ1v) is 6.08. The molecule has 0 amide bonds. The highest BCUT2D eigenvalue weighted by Gasteiger charge is 2.17. The molecule has 112 valence electrons. The second-order valence-electron chi connectivity index (χ2n) is 4.02. The van der Waals surface area contributed by atoms with Gasteiger partial charge in [0.05, 0.1) is 18.1 Å². The number of nitrogens with zero attached hydrogens (tertiary/aromatic N) is 1. The smallest absolute Gasteiger partial charge is 0.305 e. The Morgan fingerprint density at radius 1 is 1.30 bits per heavy atom. The molecule has 0 aliphatic carbocycles. The summed E-state index contributed by atoms with van der Waals surface area (Å²) >= 11 is 0. The van der Waals surface area contributed by atoms with E-state index in [1.165, 1.54) is 0 Å². The molecule has 20 heavy (non-hydrogen) atoms. The van der Waals surface area contributed by atoms with Crippen LogP contribution in [0.3, 0.4) is 0 Å². The molecule has 0 aliphatic rings. The number of hydrogen-bond acceptors (Lipinski definition) is 5. The fourth-order valence-electron chi connectivity index (χ4n) is 1.55. The Balaban J connectivity index is 2.44. The van der Waals surface area contributed by atoms with Crippen LogP contribution < -0.4 is 5.32 Å². The number of benzene rings is 1. The molecule has 1 aromatic carbocycles. The molecule has 2 N–H and O–H groups in total. The minimum atomic E-state index is -1.19. The average Bonchev–Trinajstić information content (AvgIpc) is 2.39. The number of nitrogens with one attached hydrogen (secondary N) is 1. The molecule has 0 saturated carbocycles. The van der Waals surface area contributed by atoms with E-state index in [1.54, 1.807) is 0 Å². The van der Waals surface area contributed by atoms with Gasteiger partial charge in [0.15, 0.2) is 0 Å². The summed E-state index contributed by atoms with van der Waals surface area (Å²) in [5.74, 6) is -2.01. The van der Waals surface area contributed by atoms with E-state index in [0.29, 0.717) is 25.6 Å². The Bertz CT molecular complexity index is 457. The van der Waals surface area contributed by atoms with E-state index in [4.69, 9.17) is 9.84 Å². The summed E-state index contributed by atoms with van der Waals surface area (Å²) in [6, 6.07) is 1.40. The summed E-state index contributed by atoms with van der Waals surface area (Å²) in [7, 11) is 0. The summed E-state index contributed by atoms with van der Waals surface area (Å²) in [5.41, 5.74) is -0.705. The van der Waals surface area contributed by atoms with Gasteiger partial charge in [0.2, 0.25) is 5.82 Å². The summed E-state index contributed by atoms with van der Waals surface area (Å²) in [6.45, 7) is 1.24. The number of aliphatic hydroxyl groups excluding tert-OH is 1. The van der Waals surface area contributed by atoms with E-state index in [9.17, 15) is 18.9 Å². The van der Waals surface area contributed by atoms with Gasteiger partial charge in [0.1, 0.15) is 5.82 Å². The molecule has 1 aromatic rings. The van der Waals surface area contributed by atoms with Crippen molar-refractivity contribution in [2.45, 2.75) is 13.0 Å². The van der Waals surface area contributed by atoms with Crippen LogP contribution in [0, 0.1) is 21.7 Å². The van der Waals surface area contributed by atoms with Crippen molar-refractivity contribution in [1.82, 2.24) is 5.32 Å². The lowest BCUT2D eigenvalue weighted by molar-refractivity contribution is -0.387. The number of hydrogen-bond donors (Lipinski definition) is 2. The Labute approximate surface area is 114 Å². The molecule has 0 heterocycles. The summed E-state index contributed by atoms with van der Waals surface area (Å²) in [6.07, 6.45) is 0.644. The maximum absolute atomic E-state index is 13.4. The second-order valence-corrected chi connectivity index (χ2v) is 4.02. The molecule has 0 aliphatic heterocycles. The highest BCUT2D eigenvalue weighted by atomic mass is 19.1. The molecule has 0 atom stereocenters. The first-order valence-electron chi connectivity index (χ1n) is 6.08. The maximum Gasteiger partial charge on any atom is 0.305 e. The fourth-order valence-corrected chi connectivity index (χ4v) is 1.55. The van der Waals surface area contributed by atoms with Crippen LogP contribution in [0.2, 0.25) is 0 Å².